The fourth-order valence-electron chi connectivity index (χ4n) is 1.99. The van der Waals surface area contributed by atoms with Crippen molar-refractivity contribution in [3.05, 3.63) is 24.3 Å². The number of para-hydroxylation sites is 1. The second-order valence-electron chi connectivity index (χ2n) is 4.60. The highest BCUT2D eigenvalue weighted by molar-refractivity contribution is 7.99. The highest BCUT2D eigenvalue weighted by Gasteiger charge is 2.25. The molecule has 1 saturated heterocycles. The van der Waals surface area contributed by atoms with Crippen LogP contribution in [0.25, 0.3) is 0 Å². The number of nitriles is 1. The molecule has 6 nitrogen and oxygen atoms in total. The largest absolute Gasteiger partial charge is 0.454 e. The van der Waals surface area contributed by atoms with E-state index in [0.29, 0.717) is 24.5 Å². The second-order valence-corrected chi connectivity index (χ2v) is 5.62. The number of nitrogens with one attached hydrogen (secondary N) is 1. The quantitative estimate of drug-likeness (QED) is 0.637. The van der Waals surface area contributed by atoms with E-state index in [1.807, 2.05) is 18.2 Å². The van der Waals surface area contributed by atoms with Crippen LogP contribution in [0.2, 0.25) is 0 Å². The van der Waals surface area contributed by atoms with Gasteiger partial charge in [-0.15, -0.1) is 11.8 Å². The predicted molar refractivity (Wildman–Crippen MR) is 81.3 cm³/mol. The number of amides is 1. The maximum atomic E-state index is 11.9. The molecule has 0 spiro atoms. The SMILES string of the molecule is N#CCSc1ccccc1NC(=O)COC(=O)[C@@H]1CCCO1. The predicted octanol–water partition coefficient (Wildman–Crippen LogP) is 1.96. The number of rotatable bonds is 6. The van der Waals surface area contributed by atoms with Gasteiger partial charge in [-0.3, -0.25) is 4.79 Å². The van der Waals surface area contributed by atoms with E-state index in [1.165, 1.54) is 11.8 Å². The third-order valence-corrected chi connectivity index (χ3v) is 3.93. The molecule has 7 heteroatoms. The van der Waals surface area contributed by atoms with E-state index in [0.717, 1.165) is 11.3 Å². The minimum Gasteiger partial charge on any atom is -0.454 e. The Balaban J connectivity index is 1.84. The maximum Gasteiger partial charge on any atom is 0.335 e. The summed E-state index contributed by atoms with van der Waals surface area (Å²) >= 11 is 1.33. The Bertz CT molecular complexity index is 579. The molecule has 0 bridgehead atoms. The van der Waals surface area contributed by atoms with Gasteiger partial charge in [0.2, 0.25) is 0 Å². The van der Waals surface area contributed by atoms with Crippen LogP contribution in [0, 0.1) is 11.3 Å². The molecule has 1 aliphatic rings. The summed E-state index contributed by atoms with van der Waals surface area (Å²) in [5.74, 6) is -0.628. The van der Waals surface area contributed by atoms with E-state index in [9.17, 15) is 9.59 Å². The van der Waals surface area contributed by atoms with Gasteiger partial charge in [0.05, 0.1) is 17.5 Å². The molecule has 0 aliphatic carbocycles. The molecular weight excluding hydrogens is 304 g/mol. The lowest BCUT2D eigenvalue weighted by atomic mass is 10.2. The number of benzene rings is 1. The first-order valence-electron chi connectivity index (χ1n) is 6.87. The lowest BCUT2D eigenvalue weighted by molar-refractivity contribution is -0.156. The van der Waals surface area contributed by atoms with Crippen LogP contribution in [0.1, 0.15) is 12.8 Å². The van der Waals surface area contributed by atoms with Crippen molar-refractivity contribution in [1.29, 1.82) is 5.26 Å². The topological polar surface area (TPSA) is 88.4 Å². The molecule has 22 heavy (non-hydrogen) atoms. The summed E-state index contributed by atoms with van der Waals surface area (Å²) in [6.45, 7) is 0.200. The van der Waals surface area contributed by atoms with Crippen molar-refractivity contribution >= 4 is 29.3 Å². The smallest absolute Gasteiger partial charge is 0.335 e. The number of carbonyl (C=O) groups is 2. The van der Waals surface area contributed by atoms with Gasteiger partial charge >= 0.3 is 5.97 Å². The van der Waals surface area contributed by atoms with Crippen molar-refractivity contribution in [1.82, 2.24) is 0 Å². The molecule has 1 aromatic carbocycles. The number of esters is 1. The van der Waals surface area contributed by atoms with E-state index in [4.69, 9.17) is 14.7 Å². The third kappa shape index (κ3) is 4.76. The monoisotopic (exact) mass is 320 g/mol. The first-order valence-corrected chi connectivity index (χ1v) is 7.86. The summed E-state index contributed by atoms with van der Waals surface area (Å²) in [5, 5.41) is 11.3. The minimum atomic E-state index is -0.550. The maximum absolute atomic E-state index is 11.9. The molecule has 1 fully saturated rings. The molecule has 1 aliphatic heterocycles. The van der Waals surface area contributed by atoms with Crippen molar-refractivity contribution in [2.45, 2.75) is 23.8 Å². The van der Waals surface area contributed by atoms with Gasteiger partial charge in [-0.25, -0.2) is 4.79 Å². The van der Waals surface area contributed by atoms with Crippen LogP contribution in [0.3, 0.4) is 0 Å². The van der Waals surface area contributed by atoms with Crippen LogP contribution >= 0.6 is 11.8 Å². The van der Waals surface area contributed by atoms with Crippen LogP contribution in [-0.4, -0.2) is 36.9 Å². The Morgan fingerprint density at radius 1 is 1.45 bits per heavy atom. The number of anilines is 1. The Hall–Kier alpha value is -2.04. The molecule has 1 heterocycles. The summed E-state index contributed by atoms with van der Waals surface area (Å²) in [4.78, 5) is 24.3. The molecule has 1 aromatic rings. The van der Waals surface area contributed by atoms with Crippen LogP contribution in [0.15, 0.2) is 29.2 Å². The fraction of sp³-hybridized carbons (Fsp3) is 0.400. The lowest BCUT2D eigenvalue weighted by Crippen LogP contribution is -2.27. The van der Waals surface area contributed by atoms with E-state index in [1.54, 1.807) is 12.1 Å². The Labute approximate surface area is 132 Å². The zero-order valence-electron chi connectivity index (χ0n) is 11.9. The average Bonchev–Trinajstić information content (AvgIpc) is 3.06. The molecule has 116 valence electrons. The number of hydrogen-bond acceptors (Lipinski definition) is 6. The molecule has 1 N–H and O–H groups in total. The molecule has 1 atom stereocenters. The molecule has 1 amide bonds. The molecule has 2 rings (SSSR count). The molecule has 0 aromatic heterocycles. The van der Waals surface area contributed by atoms with Crippen molar-refractivity contribution in [3.63, 3.8) is 0 Å². The van der Waals surface area contributed by atoms with Crippen LogP contribution in [0.5, 0.6) is 0 Å². The summed E-state index contributed by atoms with van der Waals surface area (Å²) in [6.07, 6.45) is 0.912. The number of thioether (sulfide) groups is 1. The standard InChI is InChI=1S/C15H16N2O4S/c16-7-9-22-13-6-2-1-4-11(13)17-14(18)10-21-15(19)12-5-3-8-20-12/h1-2,4,6,12H,3,5,8-10H2,(H,17,18)/t12-/m0/s1. The van der Waals surface area contributed by atoms with Gasteiger partial charge in [0.1, 0.15) is 0 Å². The van der Waals surface area contributed by atoms with Crippen LogP contribution in [0.4, 0.5) is 5.69 Å². The normalized spacial score (nSPS) is 16.8. The van der Waals surface area contributed by atoms with Crippen LogP contribution in [-0.2, 0) is 19.1 Å². The molecular formula is C15H16N2O4S. The van der Waals surface area contributed by atoms with Gasteiger partial charge in [-0.2, -0.15) is 5.26 Å². The van der Waals surface area contributed by atoms with E-state index < -0.39 is 18.0 Å². The second kappa shape index (κ2) is 8.41. The van der Waals surface area contributed by atoms with E-state index in [-0.39, 0.29) is 6.61 Å². The third-order valence-electron chi connectivity index (χ3n) is 2.99. The average molecular weight is 320 g/mol. The summed E-state index contributed by atoms with van der Waals surface area (Å²) in [6, 6.07) is 9.19. The van der Waals surface area contributed by atoms with Gasteiger partial charge in [0.25, 0.3) is 5.91 Å². The van der Waals surface area contributed by atoms with Crippen LogP contribution < -0.4 is 5.32 Å². The van der Waals surface area contributed by atoms with Crippen molar-refractivity contribution in [2.75, 3.05) is 24.3 Å². The van der Waals surface area contributed by atoms with Crippen molar-refractivity contribution in [3.8, 4) is 6.07 Å². The van der Waals surface area contributed by atoms with E-state index >= 15 is 0 Å². The number of carbonyl (C=O) groups excluding carboxylic acids is 2. The zero-order chi connectivity index (χ0) is 15.8. The fourth-order valence-corrected chi connectivity index (χ4v) is 2.65. The lowest BCUT2D eigenvalue weighted by Gasteiger charge is -2.11. The molecule has 0 saturated carbocycles. The number of hydrogen-bond donors (Lipinski definition) is 1. The first kappa shape index (κ1) is 16.3. The summed E-state index contributed by atoms with van der Waals surface area (Å²) in [7, 11) is 0. The molecule has 0 unspecified atom stereocenters. The summed E-state index contributed by atoms with van der Waals surface area (Å²) in [5.41, 5.74) is 0.598. The number of nitrogens with zero attached hydrogens (tertiary/aromatic N) is 1. The van der Waals surface area contributed by atoms with Gasteiger partial charge in [0.15, 0.2) is 12.7 Å². The Morgan fingerprint density at radius 2 is 2.27 bits per heavy atom. The highest BCUT2D eigenvalue weighted by Crippen LogP contribution is 2.26. The highest BCUT2D eigenvalue weighted by atomic mass is 32.2. The van der Waals surface area contributed by atoms with Gasteiger partial charge in [-0.1, -0.05) is 12.1 Å². The van der Waals surface area contributed by atoms with Gasteiger partial charge < -0.3 is 14.8 Å². The zero-order valence-corrected chi connectivity index (χ0v) is 12.7. The Morgan fingerprint density at radius 3 is 3.00 bits per heavy atom. The van der Waals surface area contributed by atoms with Crippen molar-refractivity contribution in [2.24, 2.45) is 0 Å². The molecule has 0 radical (unpaired) electrons. The van der Waals surface area contributed by atoms with Gasteiger partial charge in [-0.05, 0) is 25.0 Å². The van der Waals surface area contributed by atoms with Crippen molar-refractivity contribution < 1.29 is 19.1 Å². The van der Waals surface area contributed by atoms with Gasteiger partial charge in [0, 0.05) is 11.5 Å². The minimum absolute atomic E-state index is 0.293. The first-order chi connectivity index (χ1) is 10.7. The summed E-state index contributed by atoms with van der Waals surface area (Å²) < 4.78 is 10.1. The van der Waals surface area contributed by atoms with E-state index in [2.05, 4.69) is 5.32 Å². The number of ether oxygens (including phenoxy) is 2. The Kier molecular flexibility index (Phi) is 6.25.